The summed E-state index contributed by atoms with van der Waals surface area (Å²) in [4.78, 5) is 30.1. The second-order valence-electron chi connectivity index (χ2n) is 13.8. The molecule has 0 saturated carbocycles. The third-order valence-corrected chi connectivity index (χ3v) is 9.12. The largest absolute Gasteiger partial charge is 0.493 e. The minimum absolute atomic E-state index is 0.0281. The Morgan fingerprint density at radius 1 is 0.956 bits per heavy atom. The van der Waals surface area contributed by atoms with Crippen LogP contribution >= 0.6 is 0 Å². The quantitative estimate of drug-likeness (QED) is 0.273. The van der Waals surface area contributed by atoms with Crippen molar-refractivity contribution < 1.29 is 14.3 Å². The van der Waals surface area contributed by atoms with Crippen molar-refractivity contribution in [2.45, 2.75) is 77.8 Å². The normalized spacial score (nSPS) is 18.1. The van der Waals surface area contributed by atoms with Crippen LogP contribution in [0.25, 0.3) is 5.57 Å². The van der Waals surface area contributed by atoms with Gasteiger partial charge < -0.3 is 19.9 Å². The molecule has 1 fully saturated rings. The van der Waals surface area contributed by atoms with E-state index in [1.807, 2.05) is 35.0 Å². The monoisotopic (exact) mass is 607 g/mol. The lowest BCUT2D eigenvalue weighted by molar-refractivity contribution is -0.132. The van der Waals surface area contributed by atoms with E-state index in [4.69, 9.17) is 4.74 Å². The van der Waals surface area contributed by atoms with Crippen molar-refractivity contribution in [1.29, 1.82) is 0 Å². The van der Waals surface area contributed by atoms with Crippen molar-refractivity contribution in [3.05, 3.63) is 106 Å². The van der Waals surface area contributed by atoms with Crippen molar-refractivity contribution in [3.8, 4) is 5.75 Å². The molecule has 2 atom stereocenters. The van der Waals surface area contributed by atoms with Gasteiger partial charge in [-0.2, -0.15) is 0 Å². The van der Waals surface area contributed by atoms with Crippen LogP contribution in [0.15, 0.2) is 78.4 Å². The molecule has 6 heteroatoms. The third kappa shape index (κ3) is 8.04. The summed E-state index contributed by atoms with van der Waals surface area (Å²) >= 11 is 0. The van der Waals surface area contributed by atoms with Crippen molar-refractivity contribution >= 4 is 17.4 Å². The van der Waals surface area contributed by atoms with Gasteiger partial charge in [-0.3, -0.25) is 9.59 Å². The molecule has 0 aliphatic carbocycles. The first-order valence-electron chi connectivity index (χ1n) is 16.4. The summed E-state index contributed by atoms with van der Waals surface area (Å²) < 4.78 is 6.25. The van der Waals surface area contributed by atoms with Gasteiger partial charge in [0.1, 0.15) is 5.75 Å². The van der Waals surface area contributed by atoms with Crippen LogP contribution in [0.2, 0.25) is 0 Å². The number of nitrogens with zero attached hydrogens (tertiary/aromatic N) is 2. The van der Waals surface area contributed by atoms with Crippen LogP contribution in [0.4, 0.5) is 0 Å². The molecule has 3 aromatic rings. The zero-order valence-corrected chi connectivity index (χ0v) is 27.9. The molecule has 0 radical (unpaired) electrons. The Kier molecular flexibility index (Phi) is 10.1. The number of piperazine rings is 1. The molecule has 0 aromatic heterocycles. The van der Waals surface area contributed by atoms with Crippen molar-refractivity contribution in [1.82, 2.24) is 15.1 Å². The Morgan fingerprint density at radius 3 is 2.36 bits per heavy atom. The molecule has 2 bridgehead atoms. The maximum atomic E-state index is 14.1. The van der Waals surface area contributed by atoms with Crippen LogP contribution in [-0.2, 0) is 27.8 Å². The fraction of sp³-hybridized carbons (Fsp3) is 0.436. The maximum Gasteiger partial charge on any atom is 0.251 e. The maximum absolute atomic E-state index is 14.1. The zero-order chi connectivity index (χ0) is 32.1. The van der Waals surface area contributed by atoms with E-state index >= 15 is 0 Å². The SMILES string of the molecule is CC(=O)N1CC2CC(c3ccc(CCCOc4ccc(C)cc4C(C)(C)C)cc3)=C(C(=O)N(C)CCc3ccccc3)C(C1)N2. The van der Waals surface area contributed by atoms with Crippen LogP contribution < -0.4 is 10.1 Å². The summed E-state index contributed by atoms with van der Waals surface area (Å²) in [5, 5.41) is 3.66. The Hall–Kier alpha value is -3.90. The van der Waals surface area contributed by atoms with Crippen LogP contribution in [0.3, 0.4) is 0 Å². The molecule has 2 heterocycles. The van der Waals surface area contributed by atoms with Gasteiger partial charge in [-0.25, -0.2) is 0 Å². The van der Waals surface area contributed by atoms with Gasteiger partial charge in [-0.05, 0) is 71.9 Å². The van der Waals surface area contributed by atoms with Crippen LogP contribution in [-0.4, -0.2) is 67.0 Å². The van der Waals surface area contributed by atoms with E-state index in [-0.39, 0.29) is 29.3 Å². The topological polar surface area (TPSA) is 61.9 Å². The number of amides is 2. The number of rotatable bonds is 10. The molecule has 0 spiro atoms. The molecule has 1 saturated heterocycles. The molecule has 2 amide bonds. The highest BCUT2D eigenvalue weighted by molar-refractivity contribution is 6.03. The van der Waals surface area contributed by atoms with Crippen LogP contribution in [0.5, 0.6) is 5.75 Å². The predicted molar refractivity (Wildman–Crippen MR) is 182 cm³/mol. The van der Waals surface area contributed by atoms with Crippen molar-refractivity contribution in [2.75, 3.05) is 33.3 Å². The minimum Gasteiger partial charge on any atom is -0.493 e. The molecule has 3 aromatic carbocycles. The fourth-order valence-corrected chi connectivity index (χ4v) is 6.56. The molecule has 1 N–H and O–H groups in total. The van der Waals surface area contributed by atoms with Gasteiger partial charge in [-0.1, -0.05) is 93.1 Å². The molecule has 2 unspecified atom stereocenters. The molecule has 2 aliphatic rings. The van der Waals surface area contributed by atoms with Crippen LogP contribution in [0.1, 0.15) is 68.4 Å². The average Bonchev–Trinajstić information content (AvgIpc) is 3.02. The molecular weight excluding hydrogens is 558 g/mol. The van der Waals surface area contributed by atoms with E-state index in [1.54, 1.807) is 6.92 Å². The van der Waals surface area contributed by atoms with Gasteiger partial charge in [-0.15, -0.1) is 0 Å². The van der Waals surface area contributed by atoms with Crippen LogP contribution in [0, 0.1) is 6.92 Å². The highest BCUT2D eigenvalue weighted by Gasteiger charge is 2.39. The van der Waals surface area contributed by atoms with E-state index in [1.165, 1.54) is 22.3 Å². The molecular formula is C39H49N3O3. The van der Waals surface area contributed by atoms with E-state index < -0.39 is 0 Å². The summed E-state index contributed by atoms with van der Waals surface area (Å²) in [5.41, 5.74) is 7.98. The standard InChI is InChI=1S/C39H49N3O3/c1-27-14-19-36(34(23-27)39(3,4)5)45-22-10-13-30-15-17-31(18-16-30)33-24-32-25-42(28(2)43)26-35(40-32)37(33)38(44)41(6)21-20-29-11-8-7-9-12-29/h7-9,11-12,14-19,23,32,35,40H,10,13,20-22,24-26H2,1-6H3. The predicted octanol–water partition coefficient (Wildman–Crippen LogP) is 6.35. The van der Waals surface area contributed by atoms with E-state index in [9.17, 15) is 9.59 Å². The first-order chi connectivity index (χ1) is 21.5. The summed E-state index contributed by atoms with van der Waals surface area (Å²) in [5.74, 6) is 1.07. The first kappa shape index (κ1) is 32.5. The smallest absolute Gasteiger partial charge is 0.251 e. The number of nitrogens with one attached hydrogen (secondary N) is 1. The number of ether oxygens (including phenoxy) is 1. The minimum atomic E-state index is -0.181. The van der Waals surface area contributed by atoms with Gasteiger partial charge in [0.2, 0.25) is 5.91 Å². The van der Waals surface area contributed by atoms with Gasteiger partial charge in [0.05, 0.1) is 12.6 Å². The number of carbonyl (C=O) groups is 2. The third-order valence-electron chi connectivity index (χ3n) is 9.12. The number of likely N-dealkylation sites (N-methyl/N-ethyl adjacent to an activating group) is 1. The highest BCUT2D eigenvalue weighted by Crippen LogP contribution is 2.35. The highest BCUT2D eigenvalue weighted by atomic mass is 16.5. The summed E-state index contributed by atoms with van der Waals surface area (Å²) in [6, 6.07) is 25.4. The van der Waals surface area contributed by atoms with Crippen molar-refractivity contribution in [3.63, 3.8) is 0 Å². The molecule has 2 aliphatic heterocycles. The number of benzene rings is 3. The van der Waals surface area contributed by atoms with E-state index in [2.05, 4.69) is 87.6 Å². The average molecular weight is 608 g/mol. The zero-order valence-electron chi connectivity index (χ0n) is 27.9. The lowest BCUT2D eigenvalue weighted by atomic mass is 9.82. The summed E-state index contributed by atoms with van der Waals surface area (Å²) in [7, 11) is 1.89. The summed E-state index contributed by atoms with van der Waals surface area (Å²) in [6.07, 6.45) is 3.36. The van der Waals surface area contributed by atoms with Gasteiger partial charge in [0, 0.05) is 45.2 Å². The second-order valence-corrected chi connectivity index (χ2v) is 13.8. The Morgan fingerprint density at radius 2 is 1.67 bits per heavy atom. The Bertz CT molecular complexity index is 1520. The number of carbonyl (C=O) groups excluding carboxylic acids is 2. The number of aryl methyl sites for hydroxylation is 2. The van der Waals surface area contributed by atoms with E-state index in [0.29, 0.717) is 32.7 Å². The Balaban J connectivity index is 1.29. The summed E-state index contributed by atoms with van der Waals surface area (Å²) in [6.45, 7) is 12.9. The van der Waals surface area contributed by atoms with E-state index in [0.717, 1.165) is 41.7 Å². The fourth-order valence-electron chi connectivity index (χ4n) is 6.56. The second kappa shape index (κ2) is 14.0. The van der Waals surface area contributed by atoms with Gasteiger partial charge in [0.25, 0.3) is 5.91 Å². The lowest BCUT2D eigenvalue weighted by Crippen LogP contribution is -2.61. The first-order valence-corrected chi connectivity index (χ1v) is 16.4. The van der Waals surface area contributed by atoms with Crippen molar-refractivity contribution in [2.24, 2.45) is 0 Å². The van der Waals surface area contributed by atoms with Gasteiger partial charge >= 0.3 is 0 Å². The number of hydrogen-bond donors (Lipinski definition) is 1. The lowest BCUT2D eigenvalue weighted by Gasteiger charge is -2.44. The Labute approximate surface area is 269 Å². The molecule has 6 nitrogen and oxygen atoms in total. The van der Waals surface area contributed by atoms with Gasteiger partial charge in [0.15, 0.2) is 0 Å². The molecule has 238 valence electrons. The molecule has 45 heavy (non-hydrogen) atoms. The number of hydrogen-bond acceptors (Lipinski definition) is 4. The molecule has 5 rings (SSSR count). The number of fused-ring (bicyclic) bond motifs is 2.